The Balaban J connectivity index is 2.05. The van der Waals surface area contributed by atoms with Gasteiger partial charge in [0.05, 0.1) is 5.25 Å². The molecule has 0 bridgehead atoms. The van der Waals surface area contributed by atoms with E-state index in [4.69, 9.17) is 0 Å². The predicted octanol–water partition coefficient (Wildman–Crippen LogP) is 4.55. The monoisotopic (exact) mass is 378 g/mol. The van der Waals surface area contributed by atoms with Crippen LogP contribution in [0.25, 0.3) is 0 Å². The maximum absolute atomic E-state index is 12.2. The quantitative estimate of drug-likeness (QED) is 0.722. The van der Waals surface area contributed by atoms with Crippen LogP contribution in [0.1, 0.15) is 45.7 Å². The van der Waals surface area contributed by atoms with Crippen molar-refractivity contribution >= 4 is 39.8 Å². The number of aromatic nitrogens is 2. The lowest BCUT2D eigenvalue weighted by Crippen LogP contribution is -2.44. The van der Waals surface area contributed by atoms with Crippen LogP contribution in [0.4, 0.5) is 10.8 Å². The molecule has 1 unspecified atom stereocenters. The highest BCUT2D eigenvalue weighted by Gasteiger charge is 2.21. The predicted molar refractivity (Wildman–Crippen MR) is 107 cm³/mol. The number of hydrogen-bond acceptors (Lipinski definition) is 6. The summed E-state index contributed by atoms with van der Waals surface area (Å²) >= 11 is 2.90. The summed E-state index contributed by atoms with van der Waals surface area (Å²) in [7, 11) is 0. The molecular formula is C18H26N4OS2. The summed E-state index contributed by atoms with van der Waals surface area (Å²) in [5.74, 6) is 0.00869. The normalized spacial score (nSPS) is 12.7. The first-order valence-corrected chi connectivity index (χ1v) is 10.1. The Kier molecular flexibility index (Phi) is 6.46. The molecular weight excluding hydrogens is 352 g/mol. The Morgan fingerprint density at radius 3 is 2.68 bits per heavy atom. The molecule has 0 aliphatic rings. The van der Waals surface area contributed by atoms with Crippen molar-refractivity contribution in [2.24, 2.45) is 0 Å². The third-order valence-corrected chi connectivity index (χ3v) is 5.55. The number of amides is 1. The number of para-hydroxylation sites is 1. The fraction of sp³-hybridized carbons (Fsp3) is 0.500. The molecule has 0 spiro atoms. The van der Waals surface area contributed by atoms with Crippen LogP contribution in [0, 0.1) is 6.92 Å². The molecule has 136 valence electrons. The van der Waals surface area contributed by atoms with Crippen LogP contribution in [0.2, 0.25) is 0 Å². The minimum atomic E-state index is -0.235. The fourth-order valence-corrected chi connectivity index (χ4v) is 4.19. The molecule has 1 amide bonds. The Morgan fingerprint density at radius 1 is 1.32 bits per heavy atom. The fourth-order valence-electron chi connectivity index (χ4n) is 2.29. The molecule has 1 heterocycles. The second-order valence-electron chi connectivity index (χ2n) is 6.96. The SMILES string of the molecule is CCc1cccc(C)c1Nc1nnc(SC(C)C(=O)NC(C)(C)C)s1. The Morgan fingerprint density at radius 2 is 2.04 bits per heavy atom. The highest BCUT2D eigenvalue weighted by Crippen LogP contribution is 2.32. The second kappa shape index (κ2) is 8.19. The van der Waals surface area contributed by atoms with Gasteiger partial charge in [-0.05, 0) is 52.2 Å². The van der Waals surface area contributed by atoms with Gasteiger partial charge in [-0.25, -0.2) is 0 Å². The Bertz CT molecular complexity index is 737. The van der Waals surface area contributed by atoms with Crippen LogP contribution >= 0.6 is 23.1 Å². The number of benzene rings is 1. The van der Waals surface area contributed by atoms with Crippen molar-refractivity contribution in [3.8, 4) is 0 Å². The van der Waals surface area contributed by atoms with Gasteiger partial charge in [0.1, 0.15) is 0 Å². The molecule has 0 saturated heterocycles. The molecule has 7 heteroatoms. The number of nitrogens with zero attached hydrogens (tertiary/aromatic N) is 2. The molecule has 2 aromatic rings. The van der Waals surface area contributed by atoms with E-state index in [0.29, 0.717) is 0 Å². The molecule has 0 aliphatic heterocycles. The summed E-state index contributed by atoms with van der Waals surface area (Å²) in [4.78, 5) is 12.2. The third kappa shape index (κ3) is 5.71. The van der Waals surface area contributed by atoms with E-state index in [1.54, 1.807) is 0 Å². The summed E-state index contributed by atoms with van der Waals surface area (Å²) < 4.78 is 0.783. The van der Waals surface area contributed by atoms with E-state index in [2.05, 4.69) is 52.9 Å². The van der Waals surface area contributed by atoms with E-state index in [0.717, 1.165) is 21.6 Å². The Labute approximate surface area is 158 Å². The lowest BCUT2D eigenvalue weighted by atomic mass is 10.1. The van der Waals surface area contributed by atoms with Crippen LogP contribution < -0.4 is 10.6 Å². The van der Waals surface area contributed by atoms with Gasteiger partial charge >= 0.3 is 0 Å². The zero-order chi connectivity index (χ0) is 18.6. The van der Waals surface area contributed by atoms with Crippen LogP contribution in [-0.4, -0.2) is 26.9 Å². The van der Waals surface area contributed by atoms with Crippen LogP contribution in [0.15, 0.2) is 22.5 Å². The smallest absolute Gasteiger partial charge is 0.233 e. The number of carbonyl (C=O) groups excluding carboxylic acids is 1. The van der Waals surface area contributed by atoms with Crippen molar-refractivity contribution in [3.63, 3.8) is 0 Å². The minimum absolute atomic E-state index is 0.00869. The highest BCUT2D eigenvalue weighted by atomic mass is 32.2. The zero-order valence-corrected chi connectivity index (χ0v) is 17.3. The molecule has 2 N–H and O–H groups in total. The Hall–Kier alpha value is -1.60. The summed E-state index contributed by atoms with van der Waals surface area (Å²) in [5.41, 5.74) is 3.29. The van der Waals surface area contributed by atoms with Gasteiger partial charge in [0.15, 0.2) is 4.34 Å². The van der Waals surface area contributed by atoms with Gasteiger partial charge in [0.2, 0.25) is 11.0 Å². The van der Waals surface area contributed by atoms with Crippen LogP contribution in [0.5, 0.6) is 0 Å². The maximum atomic E-state index is 12.2. The molecule has 1 atom stereocenters. The molecule has 0 aliphatic carbocycles. The lowest BCUT2D eigenvalue weighted by molar-refractivity contribution is -0.121. The summed E-state index contributed by atoms with van der Waals surface area (Å²) in [6, 6.07) is 6.26. The van der Waals surface area contributed by atoms with Gasteiger partial charge in [-0.2, -0.15) is 0 Å². The number of hydrogen-bond donors (Lipinski definition) is 2. The van der Waals surface area contributed by atoms with Crippen LogP contribution in [0.3, 0.4) is 0 Å². The standard InChI is InChI=1S/C18H26N4OS2/c1-7-13-10-8-9-11(2)14(13)19-16-21-22-17(25-16)24-12(3)15(23)20-18(4,5)6/h8-10,12H,7H2,1-6H3,(H,19,21)(H,20,23). The van der Waals surface area contributed by atoms with Gasteiger partial charge in [0, 0.05) is 11.2 Å². The highest BCUT2D eigenvalue weighted by molar-refractivity contribution is 8.02. The average molecular weight is 379 g/mol. The van der Waals surface area contributed by atoms with E-state index in [9.17, 15) is 4.79 Å². The van der Waals surface area contributed by atoms with Crippen molar-refractivity contribution in [1.82, 2.24) is 15.5 Å². The molecule has 0 saturated carbocycles. The molecule has 5 nitrogen and oxygen atoms in total. The lowest BCUT2D eigenvalue weighted by Gasteiger charge is -2.22. The van der Waals surface area contributed by atoms with Gasteiger partial charge in [-0.3, -0.25) is 4.79 Å². The van der Waals surface area contributed by atoms with Crippen molar-refractivity contribution < 1.29 is 4.79 Å². The molecule has 1 aromatic heterocycles. The molecule has 0 fully saturated rings. The summed E-state index contributed by atoms with van der Waals surface area (Å²) in [5, 5.41) is 15.3. The third-order valence-electron chi connectivity index (χ3n) is 3.52. The summed E-state index contributed by atoms with van der Waals surface area (Å²) in [6.07, 6.45) is 0.953. The van der Waals surface area contributed by atoms with Gasteiger partial charge < -0.3 is 10.6 Å². The van der Waals surface area contributed by atoms with Gasteiger partial charge in [0.25, 0.3) is 0 Å². The van der Waals surface area contributed by atoms with E-state index in [-0.39, 0.29) is 16.7 Å². The van der Waals surface area contributed by atoms with E-state index in [1.807, 2.05) is 27.7 Å². The number of rotatable bonds is 6. The molecule has 1 aromatic carbocycles. The minimum Gasteiger partial charge on any atom is -0.351 e. The molecule has 0 radical (unpaired) electrons. The number of thioether (sulfide) groups is 1. The van der Waals surface area contributed by atoms with Crippen molar-refractivity contribution in [1.29, 1.82) is 0 Å². The topological polar surface area (TPSA) is 66.9 Å². The number of aryl methyl sites for hydroxylation is 2. The van der Waals surface area contributed by atoms with Crippen LogP contribution in [-0.2, 0) is 11.2 Å². The van der Waals surface area contributed by atoms with E-state index >= 15 is 0 Å². The summed E-state index contributed by atoms with van der Waals surface area (Å²) in [6.45, 7) is 12.0. The number of carbonyl (C=O) groups is 1. The maximum Gasteiger partial charge on any atom is 0.233 e. The second-order valence-corrected chi connectivity index (χ2v) is 9.53. The van der Waals surface area contributed by atoms with Gasteiger partial charge in [-0.15, -0.1) is 10.2 Å². The molecule has 25 heavy (non-hydrogen) atoms. The first kappa shape index (κ1) is 19.7. The van der Waals surface area contributed by atoms with E-state index in [1.165, 1.54) is 34.2 Å². The number of anilines is 2. The van der Waals surface area contributed by atoms with Crippen molar-refractivity contribution in [2.75, 3.05) is 5.32 Å². The zero-order valence-electron chi connectivity index (χ0n) is 15.6. The largest absolute Gasteiger partial charge is 0.351 e. The average Bonchev–Trinajstić information content (AvgIpc) is 2.94. The number of nitrogens with one attached hydrogen (secondary N) is 2. The van der Waals surface area contributed by atoms with E-state index < -0.39 is 0 Å². The van der Waals surface area contributed by atoms with Gasteiger partial charge in [-0.1, -0.05) is 48.2 Å². The first-order valence-electron chi connectivity index (χ1n) is 8.37. The molecule has 2 rings (SSSR count). The van der Waals surface area contributed by atoms with Crippen molar-refractivity contribution in [2.45, 2.75) is 63.1 Å². The first-order chi connectivity index (χ1) is 11.7. The van der Waals surface area contributed by atoms with Crippen molar-refractivity contribution in [3.05, 3.63) is 29.3 Å².